The van der Waals surface area contributed by atoms with Crippen LogP contribution in [0.4, 0.5) is 5.69 Å². The molecule has 3 amide bonds. The second-order valence-corrected chi connectivity index (χ2v) is 8.27. The third-order valence-electron chi connectivity index (χ3n) is 6.71. The fraction of sp³-hybridized carbons (Fsp3) is 0.545. The lowest BCUT2D eigenvalue weighted by molar-refractivity contribution is -0.159. The molecule has 2 bridgehead atoms. The monoisotopic (exact) mass is 398 g/mol. The van der Waals surface area contributed by atoms with Crippen LogP contribution in [0.25, 0.3) is 0 Å². The second-order valence-electron chi connectivity index (χ2n) is 8.27. The minimum absolute atomic E-state index is 0.252. The summed E-state index contributed by atoms with van der Waals surface area (Å²) in [5.74, 6) is -1.72. The van der Waals surface area contributed by atoms with Crippen LogP contribution in [0.1, 0.15) is 38.7 Å². The van der Waals surface area contributed by atoms with Crippen molar-refractivity contribution >= 4 is 29.4 Å². The Morgan fingerprint density at radius 2 is 1.76 bits per heavy atom. The fourth-order valence-corrected chi connectivity index (χ4v) is 5.31. The molecule has 1 aromatic rings. The van der Waals surface area contributed by atoms with E-state index in [0.29, 0.717) is 5.69 Å². The highest BCUT2D eigenvalue weighted by molar-refractivity contribution is 6.08. The Labute approximate surface area is 169 Å². The van der Waals surface area contributed by atoms with E-state index in [1.165, 1.54) is 6.92 Å². The molecule has 3 aliphatic rings. The van der Waals surface area contributed by atoms with Crippen LogP contribution in [0.15, 0.2) is 24.3 Å². The molecule has 7 nitrogen and oxygen atoms in total. The van der Waals surface area contributed by atoms with E-state index >= 15 is 0 Å². The predicted octanol–water partition coefficient (Wildman–Crippen LogP) is 2.15. The number of esters is 1. The van der Waals surface area contributed by atoms with Crippen LogP contribution in [0, 0.1) is 23.7 Å². The second kappa shape index (κ2) is 7.61. The van der Waals surface area contributed by atoms with Crippen molar-refractivity contribution in [1.29, 1.82) is 0 Å². The smallest absolute Gasteiger partial charge is 0.329 e. The van der Waals surface area contributed by atoms with Crippen LogP contribution in [-0.2, 0) is 30.3 Å². The molecule has 3 fully saturated rings. The lowest BCUT2D eigenvalue weighted by atomic mass is 9.81. The largest absolute Gasteiger partial charge is 0.454 e. The van der Waals surface area contributed by atoms with E-state index < -0.39 is 24.5 Å². The molecule has 1 N–H and O–H groups in total. The highest BCUT2D eigenvalue weighted by Gasteiger charge is 2.62. The summed E-state index contributed by atoms with van der Waals surface area (Å²) in [5.41, 5.74) is 1.66. The number of fused-ring (bicyclic) bond motifs is 5. The SMILES string of the molecule is CCc1ccccc1NC(=O)COC(=O)[C@@H](C)N1C(=O)[C@H]2[C@@H]3CC[C@@H](C3)[C@@H]2C1=O. The van der Waals surface area contributed by atoms with E-state index in [4.69, 9.17) is 4.74 Å². The van der Waals surface area contributed by atoms with E-state index in [9.17, 15) is 19.2 Å². The van der Waals surface area contributed by atoms with Crippen LogP contribution in [0.2, 0.25) is 0 Å². The summed E-state index contributed by atoms with van der Waals surface area (Å²) in [7, 11) is 0. The first-order valence-electron chi connectivity index (χ1n) is 10.3. The van der Waals surface area contributed by atoms with Gasteiger partial charge < -0.3 is 10.1 Å². The molecule has 7 heteroatoms. The predicted molar refractivity (Wildman–Crippen MR) is 105 cm³/mol. The molecular weight excluding hydrogens is 372 g/mol. The molecule has 0 aromatic heterocycles. The zero-order valence-corrected chi connectivity index (χ0v) is 16.7. The van der Waals surface area contributed by atoms with Gasteiger partial charge in [0.05, 0.1) is 11.8 Å². The zero-order valence-electron chi connectivity index (χ0n) is 16.7. The number of imide groups is 1. The van der Waals surface area contributed by atoms with Crippen molar-refractivity contribution in [3.8, 4) is 0 Å². The summed E-state index contributed by atoms with van der Waals surface area (Å²) in [6, 6.07) is 6.39. The van der Waals surface area contributed by atoms with Gasteiger partial charge in [-0.3, -0.25) is 19.3 Å². The number of para-hydroxylation sites is 1. The average molecular weight is 398 g/mol. The van der Waals surface area contributed by atoms with Crippen molar-refractivity contribution in [1.82, 2.24) is 4.90 Å². The van der Waals surface area contributed by atoms with E-state index in [2.05, 4.69) is 5.32 Å². The number of carbonyl (C=O) groups is 4. The molecule has 1 heterocycles. The van der Waals surface area contributed by atoms with Crippen molar-refractivity contribution in [2.45, 2.75) is 45.6 Å². The maximum atomic E-state index is 12.8. The van der Waals surface area contributed by atoms with Gasteiger partial charge in [-0.15, -0.1) is 0 Å². The number of ether oxygens (including phenoxy) is 1. The number of carbonyl (C=O) groups excluding carboxylic acids is 4. The minimum Gasteiger partial charge on any atom is -0.454 e. The summed E-state index contributed by atoms with van der Waals surface area (Å²) in [4.78, 5) is 51.3. The normalized spacial score (nSPS) is 28.4. The Morgan fingerprint density at radius 1 is 1.14 bits per heavy atom. The number of nitrogens with zero attached hydrogens (tertiary/aromatic N) is 1. The Bertz CT molecular complexity index is 839. The topological polar surface area (TPSA) is 92.8 Å². The summed E-state index contributed by atoms with van der Waals surface area (Å²) >= 11 is 0. The summed E-state index contributed by atoms with van der Waals surface area (Å²) in [5, 5.41) is 2.73. The van der Waals surface area contributed by atoms with Gasteiger partial charge in [0.15, 0.2) is 6.61 Å². The summed E-state index contributed by atoms with van der Waals surface area (Å²) in [6.07, 6.45) is 3.67. The highest BCUT2D eigenvalue weighted by atomic mass is 16.5. The number of benzene rings is 1. The number of hydrogen-bond acceptors (Lipinski definition) is 5. The zero-order chi connectivity index (χ0) is 20.7. The lowest BCUT2D eigenvalue weighted by Gasteiger charge is -2.23. The van der Waals surface area contributed by atoms with Crippen molar-refractivity contribution in [2.24, 2.45) is 23.7 Å². The number of likely N-dealkylation sites (tertiary alicyclic amines) is 1. The van der Waals surface area contributed by atoms with Gasteiger partial charge in [-0.25, -0.2) is 4.79 Å². The minimum atomic E-state index is -1.02. The van der Waals surface area contributed by atoms with Crippen LogP contribution in [-0.4, -0.2) is 41.2 Å². The Kier molecular flexibility index (Phi) is 5.15. The van der Waals surface area contributed by atoms with E-state index in [1.807, 2.05) is 25.1 Å². The van der Waals surface area contributed by atoms with E-state index in [0.717, 1.165) is 36.1 Å². The molecule has 154 valence electrons. The molecule has 0 radical (unpaired) electrons. The van der Waals surface area contributed by atoms with Crippen LogP contribution < -0.4 is 5.32 Å². The molecule has 2 aliphatic carbocycles. The molecule has 1 saturated heterocycles. The highest BCUT2D eigenvalue weighted by Crippen LogP contribution is 2.56. The quantitative estimate of drug-likeness (QED) is 0.585. The molecule has 0 unspecified atom stereocenters. The average Bonchev–Trinajstić information content (AvgIpc) is 3.40. The van der Waals surface area contributed by atoms with Crippen molar-refractivity contribution in [2.75, 3.05) is 11.9 Å². The molecule has 29 heavy (non-hydrogen) atoms. The number of aryl methyl sites for hydroxylation is 1. The van der Waals surface area contributed by atoms with E-state index in [-0.39, 0.29) is 35.5 Å². The van der Waals surface area contributed by atoms with Crippen molar-refractivity contribution < 1.29 is 23.9 Å². The Balaban J connectivity index is 1.35. The molecule has 1 aromatic carbocycles. The molecule has 4 rings (SSSR count). The van der Waals surface area contributed by atoms with Crippen LogP contribution in [0.5, 0.6) is 0 Å². The van der Waals surface area contributed by atoms with Crippen LogP contribution >= 0.6 is 0 Å². The van der Waals surface area contributed by atoms with E-state index in [1.54, 1.807) is 6.07 Å². The maximum absolute atomic E-state index is 12.8. The van der Waals surface area contributed by atoms with Gasteiger partial charge >= 0.3 is 5.97 Å². The Morgan fingerprint density at radius 3 is 2.38 bits per heavy atom. The standard InChI is InChI=1S/C22H26N2O5/c1-3-13-6-4-5-7-16(13)23-17(25)11-29-22(28)12(2)24-20(26)18-14-8-9-15(10-14)19(18)21(24)27/h4-7,12,14-15,18-19H,3,8-11H2,1-2H3,(H,23,25)/t12-,14-,15+,18+,19+/m1/s1. The number of hydrogen-bond donors (Lipinski definition) is 1. The third-order valence-corrected chi connectivity index (χ3v) is 6.71. The van der Waals surface area contributed by atoms with Gasteiger partial charge in [-0.1, -0.05) is 25.1 Å². The number of rotatable bonds is 6. The van der Waals surface area contributed by atoms with Gasteiger partial charge in [0, 0.05) is 5.69 Å². The first kappa shape index (κ1) is 19.6. The number of nitrogens with one attached hydrogen (secondary N) is 1. The lowest BCUT2D eigenvalue weighted by Crippen LogP contribution is -2.45. The summed E-state index contributed by atoms with van der Waals surface area (Å²) in [6.45, 7) is 3.01. The number of amides is 3. The third kappa shape index (κ3) is 3.32. The molecule has 1 aliphatic heterocycles. The van der Waals surface area contributed by atoms with Gasteiger partial charge in [0.25, 0.3) is 5.91 Å². The Hall–Kier alpha value is -2.70. The van der Waals surface area contributed by atoms with Crippen LogP contribution in [0.3, 0.4) is 0 Å². The molecular formula is C22H26N2O5. The molecule has 5 atom stereocenters. The molecule has 2 saturated carbocycles. The van der Waals surface area contributed by atoms with Gasteiger partial charge in [-0.2, -0.15) is 0 Å². The maximum Gasteiger partial charge on any atom is 0.329 e. The van der Waals surface area contributed by atoms with Gasteiger partial charge in [0.2, 0.25) is 11.8 Å². The van der Waals surface area contributed by atoms with Crippen molar-refractivity contribution in [3.05, 3.63) is 29.8 Å². The van der Waals surface area contributed by atoms with Gasteiger partial charge in [0.1, 0.15) is 6.04 Å². The first-order valence-corrected chi connectivity index (χ1v) is 10.3. The number of anilines is 1. The first-order chi connectivity index (χ1) is 13.9. The molecule has 0 spiro atoms. The van der Waals surface area contributed by atoms with Crippen molar-refractivity contribution in [3.63, 3.8) is 0 Å². The fourth-order valence-electron chi connectivity index (χ4n) is 5.31. The summed E-state index contributed by atoms with van der Waals surface area (Å²) < 4.78 is 5.11. The van der Waals surface area contributed by atoms with Gasteiger partial charge in [-0.05, 0) is 56.1 Å².